The van der Waals surface area contributed by atoms with Crippen molar-refractivity contribution in [3.05, 3.63) is 35.9 Å². The van der Waals surface area contributed by atoms with Crippen LogP contribution in [0.1, 0.15) is 18.9 Å². The summed E-state index contributed by atoms with van der Waals surface area (Å²) >= 11 is 0. The topological polar surface area (TPSA) is 57.6 Å². The zero-order valence-electron chi connectivity index (χ0n) is 10.2. The van der Waals surface area contributed by atoms with Gasteiger partial charge in [0.15, 0.2) is 0 Å². The number of nitrogens with zero attached hydrogens (tertiary/aromatic N) is 1. The van der Waals surface area contributed by atoms with E-state index < -0.39 is 5.97 Å². The monoisotopic (exact) mass is 245 g/mol. The molecule has 1 N–H and O–H groups in total. The van der Waals surface area contributed by atoms with E-state index in [-0.39, 0.29) is 18.9 Å². The summed E-state index contributed by atoms with van der Waals surface area (Å²) in [5, 5.41) is 8.57. The van der Waals surface area contributed by atoms with E-state index in [1.54, 1.807) is 6.92 Å². The van der Waals surface area contributed by atoms with Gasteiger partial charge in [0.1, 0.15) is 0 Å². The van der Waals surface area contributed by atoms with E-state index in [1.807, 2.05) is 30.3 Å². The number of hydrogen-bond donors (Lipinski definition) is 1. The Morgan fingerprint density at radius 1 is 1.28 bits per heavy atom. The molecule has 1 amide bonds. The summed E-state index contributed by atoms with van der Waals surface area (Å²) in [6.07, 6.45) is -0.0629. The van der Waals surface area contributed by atoms with E-state index in [4.69, 9.17) is 5.11 Å². The third-order valence-corrected chi connectivity index (χ3v) is 2.35. The van der Waals surface area contributed by atoms with Crippen molar-refractivity contribution in [2.45, 2.75) is 13.3 Å². The lowest BCUT2D eigenvalue weighted by molar-refractivity contribution is -0.137. The third kappa shape index (κ3) is 4.71. The van der Waals surface area contributed by atoms with Crippen LogP contribution in [0.15, 0.2) is 30.3 Å². The number of carbonyl (C=O) groups excluding carboxylic acids is 1. The smallest absolute Gasteiger partial charge is 0.305 e. The molecule has 0 radical (unpaired) electrons. The van der Waals surface area contributed by atoms with Crippen LogP contribution in [0.3, 0.4) is 0 Å². The zero-order valence-corrected chi connectivity index (χ0v) is 10.2. The van der Waals surface area contributed by atoms with Gasteiger partial charge in [-0.15, -0.1) is 0 Å². The highest BCUT2D eigenvalue weighted by molar-refractivity contribution is 5.94. The number of rotatable bonds is 4. The lowest BCUT2D eigenvalue weighted by Crippen LogP contribution is -2.31. The molecule has 4 heteroatoms. The minimum absolute atomic E-state index is 0.0629. The molecular formula is C14H15NO3. The van der Waals surface area contributed by atoms with Gasteiger partial charge in [-0.25, -0.2) is 0 Å². The van der Waals surface area contributed by atoms with Gasteiger partial charge in [-0.05, 0) is 19.1 Å². The molecular weight excluding hydrogens is 230 g/mol. The summed E-state index contributed by atoms with van der Waals surface area (Å²) in [6, 6.07) is 9.19. The Kier molecular flexibility index (Phi) is 5.46. The zero-order chi connectivity index (χ0) is 13.4. The van der Waals surface area contributed by atoms with Crippen molar-refractivity contribution < 1.29 is 14.7 Å². The van der Waals surface area contributed by atoms with E-state index in [9.17, 15) is 9.59 Å². The molecule has 0 spiro atoms. The summed E-state index contributed by atoms with van der Waals surface area (Å²) in [5.41, 5.74) is 0.764. The predicted molar refractivity (Wildman–Crippen MR) is 67.8 cm³/mol. The lowest BCUT2D eigenvalue weighted by atomic mass is 10.2. The van der Waals surface area contributed by atoms with Crippen LogP contribution in [-0.2, 0) is 9.59 Å². The molecule has 0 saturated heterocycles. The number of carbonyl (C=O) groups is 2. The molecule has 0 heterocycles. The Hall–Kier alpha value is -2.28. The van der Waals surface area contributed by atoms with Gasteiger partial charge < -0.3 is 10.0 Å². The van der Waals surface area contributed by atoms with Gasteiger partial charge in [0.25, 0.3) is 5.91 Å². The largest absolute Gasteiger partial charge is 0.481 e. The highest BCUT2D eigenvalue weighted by Crippen LogP contribution is 1.96. The number of benzene rings is 1. The van der Waals surface area contributed by atoms with Gasteiger partial charge in [0.2, 0.25) is 0 Å². The summed E-state index contributed by atoms with van der Waals surface area (Å²) in [7, 11) is 0. The van der Waals surface area contributed by atoms with Crippen LogP contribution in [-0.4, -0.2) is 35.0 Å². The van der Waals surface area contributed by atoms with Gasteiger partial charge >= 0.3 is 5.97 Å². The molecule has 0 fully saturated rings. The summed E-state index contributed by atoms with van der Waals surface area (Å²) in [6.45, 7) is 2.44. The van der Waals surface area contributed by atoms with Crippen LogP contribution in [0.5, 0.6) is 0 Å². The average molecular weight is 245 g/mol. The molecule has 0 saturated carbocycles. The predicted octanol–water partition coefficient (Wildman–Crippen LogP) is 1.36. The molecule has 0 bridgehead atoms. The second-order valence-corrected chi connectivity index (χ2v) is 3.64. The lowest BCUT2D eigenvalue weighted by Gasteiger charge is -2.16. The van der Waals surface area contributed by atoms with E-state index in [0.717, 1.165) is 5.56 Å². The van der Waals surface area contributed by atoms with E-state index in [1.165, 1.54) is 4.90 Å². The van der Waals surface area contributed by atoms with Crippen LogP contribution in [0.2, 0.25) is 0 Å². The molecule has 4 nitrogen and oxygen atoms in total. The van der Waals surface area contributed by atoms with E-state index >= 15 is 0 Å². The number of carboxylic acids is 1. The Morgan fingerprint density at radius 2 is 1.94 bits per heavy atom. The number of aliphatic carboxylic acids is 1. The first-order chi connectivity index (χ1) is 8.63. The molecule has 0 unspecified atom stereocenters. The fraction of sp³-hybridized carbons (Fsp3) is 0.286. The molecule has 0 aliphatic rings. The molecule has 1 aromatic carbocycles. The van der Waals surface area contributed by atoms with Crippen LogP contribution >= 0.6 is 0 Å². The Balaban J connectivity index is 2.63. The highest BCUT2D eigenvalue weighted by Gasteiger charge is 2.10. The first-order valence-corrected chi connectivity index (χ1v) is 5.71. The SMILES string of the molecule is CCN(CCC(=O)O)C(=O)C#Cc1ccccc1. The van der Waals surface area contributed by atoms with Crippen molar-refractivity contribution in [1.29, 1.82) is 0 Å². The Bertz CT molecular complexity index is 471. The second kappa shape index (κ2) is 7.13. The third-order valence-electron chi connectivity index (χ3n) is 2.35. The molecule has 0 atom stereocenters. The van der Waals surface area contributed by atoms with Crippen LogP contribution in [0, 0.1) is 11.8 Å². The number of hydrogen-bond acceptors (Lipinski definition) is 2. The Morgan fingerprint density at radius 3 is 2.50 bits per heavy atom. The van der Waals surface area contributed by atoms with Crippen LogP contribution in [0.25, 0.3) is 0 Å². The normalized spacial score (nSPS) is 9.17. The van der Waals surface area contributed by atoms with E-state index in [0.29, 0.717) is 6.54 Å². The van der Waals surface area contributed by atoms with Crippen molar-refractivity contribution in [1.82, 2.24) is 4.90 Å². The summed E-state index contributed by atoms with van der Waals surface area (Å²) < 4.78 is 0. The molecule has 1 aromatic rings. The quantitative estimate of drug-likeness (QED) is 0.815. The fourth-order valence-electron chi connectivity index (χ4n) is 1.36. The molecule has 0 aliphatic heterocycles. The van der Waals surface area contributed by atoms with Gasteiger partial charge in [0.05, 0.1) is 6.42 Å². The minimum atomic E-state index is -0.919. The number of carboxylic acid groups (broad SMARTS) is 1. The fourth-order valence-corrected chi connectivity index (χ4v) is 1.36. The maximum atomic E-state index is 11.7. The van der Waals surface area contributed by atoms with Gasteiger partial charge in [-0.3, -0.25) is 9.59 Å². The molecule has 94 valence electrons. The van der Waals surface area contributed by atoms with E-state index in [2.05, 4.69) is 11.8 Å². The molecule has 18 heavy (non-hydrogen) atoms. The maximum absolute atomic E-state index is 11.7. The van der Waals surface area contributed by atoms with Crippen LogP contribution in [0.4, 0.5) is 0 Å². The summed E-state index contributed by atoms with van der Waals surface area (Å²) in [5.74, 6) is 4.01. The number of amides is 1. The van der Waals surface area contributed by atoms with Crippen molar-refractivity contribution >= 4 is 11.9 Å². The van der Waals surface area contributed by atoms with Gasteiger partial charge in [-0.1, -0.05) is 24.1 Å². The average Bonchev–Trinajstić information content (AvgIpc) is 2.38. The van der Waals surface area contributed by atoms with Crippen LogP contribution < -0.4 is 0 Å². The first-order valence-electron chi connectivity index (χ1n) is 5.71. The van der Waals surface area contributed by atoms with Crippen molar-refractivity contribution in [3.63, 3.8) is 0 Å². The molecule has 0 aromatic heterocycles. The first kappa shape index (κ1) is 13.8. The van der Waals surface area contributed by atoms with Crippen molar-refractivity contribution in [3.8, 4) is 11.8 Å². The Labute approximate surface area is 106 Å². The second-order valence-electron chi connectivity index (χ2n) is 3.64. The minimum Gasteiger partial charge on any atom is -0.481 e. The van der Waals surface area contributed by atoms with Gasteiger partial charge in [-0.2, -0.15) is 0 Å². The summed E-state index contributed by atoms with van der Waals surface area (Å²) in [4.78, 5) is 23.6. The highest BCUT2D eigenvalue weighted by atomic mass is 16.4. The molecule has 1 rings (SSSR count). The standard InChI is InChI=1S/C14H15NO3/c1-2-15(11-10-14(17)18)13(16)9-8-12-6-4-3-5-7-12/h3-7H,2,10-11H2,1H3,(H,17,18). The molecule has 0 aliphatic carbocycles. The van der Waals surface area contributed by atoms with Crippen molar-refractivity contribution in [2.24, 2.45) is 0 Å². The van der Waals surface area contributed by atoms with Crippen molar-refractivity contribution in [2.75, 3.05) is 13.1 Å². The maximum Gasteiger partial charge on any atom is 0.305 e. The van der Waals surface area contributed by atoms with Gasteiger partial charge in [0, 0.05) is 24.6 Å².